The molecule has 1 N–H and O–H groups in total. The molecule has 124 valence electrons. The molecule has 2 aromatic heterocycles. The molecule has 0 aliphatic carbocycles. The predicted octanol–water partition coefficient (Wildman–Crippen LogP) is 3.70. The van der Waals surface area contributed by atoms with E-state index in [0.717, 1.165) is 16.8 Å². The number of nitrogens with one attached hydrogen (secondary N) is 1. The van der Waals surface area contributed by atoms with Crippen molar-refractivity contribution in [3.63, 3.8) is 0 Å². The van der Waals surface area contributed by atoms with Gasteiger partial charge in [-0.25, -0.2) is 9.37 Å². The Bertz CT molecular complexity index is 876. The van der Waals surface area contributed by atoms with Gasteiger partial charge in [0.15, 0.2) is 0 Å². The lowest BCUT2D eigenvalue weighted by Crippen LogP contribution is -2.25. The minimum Gasteiger partial charge on any atom is -0.345 e. The van der Waals surface area contributed by atoms with Crippen LogP contribution in [0.3, 0.4) is 0 Å². The van der Waals surface area contributed by atoms with Crippen LogP contribution in [0.5, 0.6) is 0 Å². The van der Waals surface area contributed by atoms with Crippen LogP contribution in [0.15, 0.2) is 48.7 Å². The van der Waals surface area contributed by atoms with Gasteiger partial charge in [0.25, 0.3) is 5.91 Å². The summed E-state index contributed by atoms with van der Waals surface area (Å²) in [5, 5.41) is 2.85. The number of carbonyl (C=O) groups excluding carboxylic acids is 1. The largest absolute Gasteiger partial charge is 0.345 e. The third-order valence-corrected chi connectivity index (χ3v) is 3.83. The minimum absolute atomic E-state index is 0.165. The molecule has 1 aromatic carbocycles. The summed E-state index contributed by atoms with van der Waals surface area (Å²) >= 11 is 0. The van der Waals surface area contributed by atoms with Gasteiger partial charge < -0.3 is 5.32 Å². The van der Waals surface area contributed by atoms with Crippen LogP contribution < -0.4 is 5.32 Å². The average Bonchev–Trinajstić information content (AvgIpc) is 2.94. The van der Waals surface area contributed by atoms with Gasteiger partial charge in [-0.05, 0) is 29.8 Å². The summed E-state index contributed by atoms with van der Waals surface area (Å²) in [4.78, 5) is 17.1. The molecule has 0 aliphatic rings. The fraction of sp³-hybridized carbons (Fsp3) is 0.263. The topological polar surface area (TPSA) is 46.4 Å². The highest BCUT2D eigenvalue weighted by Crippen LogP contribution is 2.26. The summed E-state index contributed by atoms with van der Waals surface area (Å²) in [7, 11) is 0. The predicted molar refractivity (Wildman–Crippen MR) is 91.5 cm³/mol. The van der Waals surface area contributed by atoms with E-state index in [2.05, 4.69) is 31.1 Å². The number of amides is 1. The second-order valence-corrected chi connectivity index (χ2v) is 6.80. The summed E-state index contributed by atoms with van der Waals surface area (Å²) in [6.07, 6.45) is 1.84. The number of hydrogen-bond acceptors (Lipinski definition) is 2. The smallest absolute Gasteiger partial charge is 0.287 e. The van der Waals surface area contributed by atoms with Gasteiger partial charge in [0, 0.05) is 18.2 Å². The van der Waals surface area contributed by atoms with Crippen molar-refractivity contribution in [2.45, 2.75) is 32.7 Å². The van der Waals surface area contributed by atoms with E-state index in [1.165, 1.54) is 12.1 Å². The quantitative estimate of drug-likeness (QED) is 0.798. The van der Waals surface area contributed by atoms with Crippen LogP contribution in [0, 0.1) is 5.82 Å². The number of benzene rings is 1. The van der Waals surface area contributed by atoms with E-state index in [1.54, 1.807) is 16.5 Å². The number of imidazole rings is 1. The Balaban J connectivity index is 1.88. The van der Waals surface area contributed by atoms with Crippen molar-refractivity contribution in [1.29, 1.82) is 0 Å². The molecular formula is C19H20FN3O. The lowest BCUT2D eigenvalue weighted by molar-refractivity contribution is 0.0939. The van der Waals surface area contributed by atoms with Crippen molar-refractivity contribution in [3.8, 4) is 0 Å². The molecular weight excluding hydrogens is 305 g/mol. The van der Waals surface area contributed by atoms with Crippen molar-refractivity contribution in [2.24, 2.45) is 0 Å². The molecule has 24 heavy (non-hydrogen) atoms. The maximum atomic E-state index is 12.9. The lowest BCUT2D eigenvalue weighted by atomic mass is 9.91. The number of rotatable bonds is 3. The van der Waals surface area contributed by atoms with Crippen molar-refractivity contribution in [3.05, 3.63) is 71.6 Å². The monoisotopic (exact) mass is 325 g/mol. The van der Waals surface area contributed by atoms with Crippen LogP contribution in [-0.2, 0) is 12.0 Å². The SMILES string of the molecule is CC(C)(C)c1nc(C(=O)NCc2ccc(F)cc2)n2ccccc12. The van der Waals surface area contributed by atoms with Gasteiger partial charge in [0.2, 0.25) is 5.82 Å². The van der Waals surface area contributed by atoms with E-state index in [1.807, 2.05) is 24.4 Å². The molecule has 3 aromatic rings. The Kier molecular flexibility index (Phi) is 4.09. The Hall–Kier alpha value is -2.69. The van der Waals surface area contributed by atoms with Gasteiger partial charge in [0.05, 0.1) is 11.2 Å². The molecule has 0 saturated heterocycles. The van der Waals surface area contributed by atoms with Gasteiger partial charge in [-0.3, -0.25) is 9.20 Å². The molecule has 4 nitrogen and oxygen atoms in total. The van der Waals surface area contributed by atoms with Gasteiger partial charge >= 0.3 is 0 Å². The first-order valence-corrected chi connectivity index (χ1v) is 7.86. The highest BCUT2D eigenvalue weighted by molar-refractivity contribution is 5.92. The molecule has 5 heteroatoms. The lowest BCUT2D eigenvalue weighted by Gasteiger charge is -2.15. The highest BCUT2D eigenvalue weighted by Gasteiger charge is 2.24. The molecule has 0 unspecified atom stereocenters. The van der Waals surface area contributed by atoms with Crippen LogP contribution >= 0.6 is 0 Å². The summed E-state index contributed by atoms with van der Waals surface area (Å²) in [6.45, 7) is 6.54. The standard InChI is InChI=1S/C19H20FN3O/c1-19(2,3)16-15-6-4-5-11-23(15)17(22-16)18(24)21-12-13-7-9-14(20)10-8-13/h4-11H,12H2,1-3H3,(H,21,24). The first-order chi connectivity index (χ1) is 11.4. The number of fused-ring (bicyclic) bond motifs is 1. The van der Waals surface area contributed by atoms with E-state index in [-0.39, 0.29) is 17.1 Å². The molecule has 0 atom stereocenters. The zero-order chi connectivity index (χ0) is 17.3. The van der Waals surface area contributed by atoms with Crippen LogP contribution in [0.4, 0.5) is 4.39 Å². The number of pyridine rings is 1. The van der Waals surface area contributed by atoms with Crippen LogP contribution in [0.2, 0.25) is 0 Å². The molecule has 1 amide bonds. The van der Waals surface area contributed by atoms with E-state index >= 15 is 0 Å². The van der Waals surface area contributed by atoms with Crippen molar-refractivity contribution in [2.75, 3.05) is 0 Å². The first kappa shape index (κ1) is 16.2. The molecule has 0 bridgehead atoms. The van der Waals surface area contributed by atoms with Crippen LogP contribution in [-0.4, -0.2) is 15.3 Å². The summed E-state index contributed by atoms with van der Waals surface area (Å²) in [5.74, 6) is -0.187. The van der Waals surface area contributed by atoms with E-state index in [4.69, 9.17) is 0 Å². The molecule has 0 aliphatic heterocycles. The third-order valence-electron chi connectivity index (χ3n) is 3.83. The molecule has 2 heterocycles. The fourth-order valence-electron chi connectivity index (χ4n) is 2.61. The first-order valence-electron chi connectivity index (χ1n) is 7.86. The second-order valence-electron chi connectivity index (χ2n) is 6.80. The van der Waals surface area contributed by atoms with Crippen molar-refractivity contribution < 1.29 is 9.18 Å². The Morgan fingerprint density at radius 3 is 2.54 bits per heavy atom. The molecule has 0 fully saturated rings. The third kappa shape index (κ3) is 3.15. The number of hydrogen-bond donors (Lipinski definition) is 1. The van der Waals surface area contributed by atoms with Crippen LogP contribution in [0.25, 0.3) is 5.52 Å². The maximum Gasteiger partial charge on any atom is 0.287 e. The van der Waals surface area contributed by atoms with Gasteiger partial charge in [-0.1, -0.05) is 39.0 Å². The van der Waals surface area contributed by atoms with Crippen molar-refractivity contribution in [1.82, 2.24) is 14.7 Å². The van der Waals surface area contributed by atoms with E-state index in [9.17, 15) is 9.18 Å². The van der Waals surface area contributed by atoms with Gasteiger partial charge in [-0.2, -0.15) is 0 Å². The normalized spacial score (nSPS) is 11.7. The minimum atomic E-state index is -0.292. The van der Waals surface area contributed by atoms with Gasteiger partial charge in [0.1, 0.15) is 5.82 Å². The number of aromatic nitrogens is 2. The summed E-state index contributed by atoms with van der Waals surface area (Å²) < 4.78 is 14.7. The average molecular weight is 325 g/mol. The zero-order valence-corrected chi connectivity index (χ0v) is 14.0. The molecule has 3 rings (SSSR count). The number of carbonyl (C=O) groups is 1. The van der Waals surface area contributed by atoms with Gasteiger partial charge in [-0.15, -0.1) is 0 Å². The number of nitrogens with zero attached hydrogens (tertiary/aromatic N) is 2. The zero-order valence-electron chi connectivity index (χ0n) is 14.0. The fourth-order valence-corrected chi connectivity index (χ4v) is 2.61. The number of halogens is 1. The van der Waals surface area contributed by atoms with E-state index in [0.29, 0.717) is 12.4 Å². The Morgan fingerprint density at radius 2 is 1.88 bits per heavy atom. The summed E-state index contributed by atoms with van der Waals surface area (Å²) in [6, 6.07) is 11.8. The van der Waals surface area contributed by atoms with Crippen LogP contribution in [0.1, 0.15) is 42.6 Å². The Morgan fingerprint density at radius 1 is 1.17 bits per heavy atom. The second kappa shape index (κ2) is 6.07. The molecule has 0 spiro atoms. The maximum absolute atomic E-state index is 12.9. The summed E-state index contributed by atoms with van der Waals surface area (Å²) in [5.41, 5.74) is 2.48. The highest BCUT2D eigenvalue weighted by atomic mass is 19.1. The molecule has 0 radical (unpaired) electrons. The van der Waals surface area contributed by atoms with E-state index < -0.39 is 0 Å². The van der Waals surface area contributed by atoms with Crippen molar-refractivity contribution >= 4 is 11.4 Å². The Labute approximate surface area is 140 Å². The molecule has 0 saturated carbocycles.